The normalized spacial score (nSPS) is 16.3. The van der Waals surface area contributed by atoms with E-state index in [1.807, 2.05) is 13.8 Å². The summed E-state index contributed by atoms with van der Waals surface area (Å²) in [7, 11) is 0. The van der Waals surface area contributed by atoms with Gasteiger partial charge in [0.05, 0.1) is 12.3 Å². The number of carbonyl (C=O) groups excluding carboxylic acids is 1. The van der Waals surface area contributed by atoms with Gasteiger partial charge in [0.1, 0.15) is 0 Å². The summed E-state index contributed by atoms with van der Waals surface area (Å²) in [6.07, 6.45) is 0. The first-order chi connectivity index (χ1) is 4.80. The average Bonchev–Trinajstić information content (AvgIpc) is 2.00. The van der Waals surface area contributed by atoms with Gasteiger partial charge in [0.15, 0.2) is 0 Å². The van der Waals surface area contributed by atoms with Gasteiger partial charge in [0.2, 0.25) is 0 Å². The molecule has 10 heavy (non-hydrogen) atoms. The minimum Gasteiger partial charge on any atom is -0.349 e. The molecule has 0 unspecified atom stereocenters. The summed E-state index contributed by atoms with van der Waals surface area (Å²) in [5.41, 5.74) is 0.594. The topological polar surface area (TPSA) is 41.5 Å². The van der Waals surface area contributed by atoms with Crippen LogP contribution in [0.25, 0.3) is 0 Å². The van der Waals surface area contributed by atoms with Crippen LogP contribution in [0.15, 0.2) is 4.99 Å². The van der Waals surface area contributed by atoms with Gasteiger partial charge in [-0.05, 0) is 6.92 Å². The molecule has 1 aliphatic heterocycles. The lowest BCUT2D eigenvalue weighted by Gasteiger charge is -2.07. The highest BCUT2D eigenvalue weighted by molar-refractivity contribution is 6.38. The first kappa shape index (κ1) is 9.14. The molecule has 0 aromatic rings. The van der Waals surface area contributed by atoms with Crippen molar-refractivity contribution in [2.45, 2.75) is 20.8 Å². The Bertz CT molecular complexity index is 145. The quantitative estimate of drug-likeness (QED) is 0.538. The van der Waals surface area contributed by atoms with Gasteiger partial charge in [-0.15, -0.1) is 0 Å². The van der Waals surface area contributed by atoms with Gasteiger partial charge in [-0.3, -0.25) is 9.79 Å². The van der Waals surface area contributed by atoms with E-state index in [-0.39, 0.29) is 7.33 Å². The average molecular weight is 144 g/mol. The summed E-state index contributed by atoms with van der Waals surface area (Å²) in [5, 5.41) is 2.66. The van der Waals surface area contributed by atoms with Crippen molar-refractivity contribution in [1.82, 2.24) is 5.32 Å². The van der Waals surface area contributed by atoms with E-state index < -0.39 is 0 Å². The molecule has 0 saturated carbocycles. The van der Waals surface area contributed by atoms with Crippen molar-refractivity contribution in [2.24, 2.45) is 4.99 Å². The van der Waals surface area contributed by atoms with Crippen LogP contribution in [0.3, 0.4) is 0 Å². The van der Waals surface area contributed by atoms with Crippen LogP contribution in [0.2, 0.25) is 0 Å². The van der Waals surface area contributed by atoms with Crippen LogP contribution in [-0.2, 0) is 4.79 Å². The van der Waals surface area contributed by atoms with Gasteiger partial charge in [0, 0.05) is 7.97 Å². The number of carbonyl (C=O) groups is 1. The summed E-state index contributed by atoms with van der Waals surface area (Å²) >= 11 is 0. The Morgan fingerprint density at radius 3 is 2.50 bits per heavy atom. The third-order valence-electron chi connectivity index (χ3n) is 1.07. The number of hydrogen-bond acceptors (Lipinski definition) is 2. The summed E-state index contributed by atoms with van der Waals surface area (Å²) < 4.78 is 0. The smallest absolute Gasteiger partial charge is 0.264 e. The minimum atomic E-state index is -0.0312. The number of rotatable bonds is 0. The van der Waals surface area contributed by atoms with Gasteiger partial charge in [-0.2, -0.15) is 0 Å². The molecule has 1 N–H and O–H groups in total. The first-order valence-corrected chi connectivity index (χ1v) is 3.60. The SMILES string of the molecule is CC.CC1=NCCNC1=O.[HH]. The van der Waals surface area contributed by atoms with Gasteiger partial charge in [0.25, 0.3) is 5.91 Å². The van der Waals surface area contributed by atoms with Crippen molar-refractivity contribution in [3.05, 3.63) is 0 Å². The van der Waals surface area contributed by atoms with Crippen molar-refractivity contribution in [2.75, 3.05) is 13.1 Å². The second-order valence-corrected chi connectivity index (χ2v) is 1.72. The molecular weight excluding hydrogens is 128 g/mol. The van der Waals surface area contributed by atoms with E-state index in [1.165, 1.54) is 0 Å². The largest absolute Gasteiger partial charge is 0.349 e. The Morgan fingerprint density at radius 1 is 1.60 bits per heavy atom. The molecule has 3 heteroatoms. The highest BCUT2D eigenvalue weighted by Gasteiger charge is 2.07. The van der Waals surface area contributed by atoms with Gasteiger partial charge >= 0.3 is 0 Å². The maximum Gasteiger partial charge on any atom is 0.264 e. The molecule has 0 radical (unpaired) electrons. The highest BCUT2D eigenvalue weighted by Crippen LogP contribution is 1.83. The van der Waals surface area contributed by atoms with Crippen molar-refractivity contribution in [3.63, 3.8) is 0 Å². The van der Waals surface area contributed by atoms with Crippen LogP contribution in [0.4, 0.5) is 0 Å². The number of nitrogens with one attached hydrogen (secondary N) is 1. The molecule has 0 aromatic heterocycles. The lowest BCUT2D eigenvalue weighted by Crippen LogP contribution is -2.35. The summed E-state index contributed by atoms with van der Waals surface area (Å²) in [5.74, 6) is -0.0312. The third-order valence-corrected chi connectivity index (χ3v) is 1.07. The van der Waals surface area contributed by atoms with Crippen molar-refractivity contribution < 1.29 is 6.22 Å². The summed E-state index contributed by atoms with van der Waals surface area (Å²) in [4.78, 5) is 14.5. The maximum absolute atomic E-state index is 10.6. The van der Waals surface area contributed by atoms with E-state index in [9.17, 15) is 4.79 Å². The molecule has 1 heterocycles. The molecule has 0 bridgehead atoms. The van der Waals surface area contributed by atoms with E-state index in [4.69, 9.17) is 0 Å². The van der Waals surface area contributed by atoms with Crippen molar-refractivity contribution in [3.8, 4) is 0 Å². The van der Waals surface area contributed by atoms with Gasteiger partial charge in [-0.25, -0.2) is 0 Å². The van der Waals surface area contributed by atoms with Gasteiger partial charge in [-0.1, -0.05) is 13.8 Å². The summed E-state index contributed by atoms with van der Waals surface area (Å²) in [6.45, 7) is 7.14. The van der Waals surface area contributed by atoms with E-state index >= 15 is 0 Å². The van der Waals surface area contributed by atoms with Crippen LogP contribution in [0.5, 0.6) is 0 Å². The molecule has 0 aliphatic carbocycles. The molecule has 0 spiro atoms. The zero-order valence-corrected chi connectivity index (χ0v) is 6.77. The molecule has 1 amide bonds. The Morgan fingerprint density at radius 2 is 2.20 bits per heavy atom. The Balaban J connectivity index is 0. The maximum atomic E-state index is 10.6. The molecule has 0 saturated heterocycles. The van der Waals surface area contributed by atoms with Crippen LogP contribution in [0.1, 0.15) is 22.2 Å². The second-order valence-electron chi connectivity index (χ2n) is 1.72. The molecule has 0 aromatic carbocycles. The van der Waals surface area contributed by atoms with E-state index in [0.29, 0.717) is 12.3 Å². The molecule has 0 atom stereocenters. The predicted octanol–water partition coefficient (Wildman–Crippen LogP) is 0.849. The molecule has 0 fully saturated rings. The number of nitrogens with zero attached hydrogens (tertiary/aromatic N) is 1. The molecular formula is C7H16N2O. The highest BCUT2D eigenvalue weighted by atomic mass is 16.1. The lowest BCUT2D eigenvalue weighted by molar-refractivity contribution is -0.115. The van der Waals surface area contributed by atoms with Gasteiger partial charge < -0.3 is 5.32 Å². The predicted molar refractivity (Wildman–Crippen MR) is 44.4 cm³/mol. The van der Waals surface area contributed by atoms with Crippen LogP contribution in [0, 0.1) is 0 Å². The van der Waals surface area contributed by atoms with E-state index in [0.717, 1.165) is 6.54 Å². The van der Waals surface area contributed by atoms with Crippen molar-refractivity contribution >= 4 is 11.6 Å². The zero-order valence-electron chi connectivity index (χ0n) is 6.77. The Labute approximate surface area is 63.0 Å². The molecule has 1 rings (SSSR count). The fraction of sp³-hybridized carbons (Fsp3) is 0.714. The lowest BCUT2D eigenvalue weighted by atomic mass is 10.3. The number of hydrogen-bond donors (Lipinski definition) is 1. The second kappa shape index (κ2) is 4.97. The monoisotopic (exact) mass is 144 g/mol. The third kappa shape index (κ3) is 2.62. The summed E-state index contributed by atoms with van der Waals surface area (Å²) in [6, 6.07) is 0. The van der Waals surface area contributed by atoms with Crippen LogP contribution < -0.4 is 5.32 Å². The first-order valence-electron chi connectivity index (χ1n) is 3.60. The molecule has 3 nitrogen and oxygen atoms in total. The van der Waals surface area contributed by atoms with Crippen LogP contribution in [-0.4, -0.2) is 24.7 Å². The van der Waals surface area contributed by atoms with E-state index in [1.54, 1.807) is 6.92 Å². The molecule has 1 aliphatic rings. The number of aliphatic imine (C=N–C) groups is 1. The van der Waals surface area contributed by atoms with E-state index in [2.05, 4.69) is 10.3 Å². The van der Waals surface area contributed by atoms with Crippen molar-refractivity contribution in [1.29, 1.82) is 0 Å². The standard InChI is InChI=1S/C5H8N2O.C2H6.H2/c1-4-5(8)7-3-2-6-4;1-2;/h2-3H2,1H3,(H,7,8);1-2H3;1H. The minimum absolute atomic E-state index is 0. The Hall–Kier alpha value is -0.860. The Kier molecular flexibility index (Phi) is 4.54. The fourth-order valence-corrected chi connectivity index (χ4v) is 0.593. The fourth-order valence-electron chi connectivity index (χ4n) is 0.593. The molecule has 60 valence electrons. The number of amides is 1. The zero-order chi connectivity index (χ0) is 7.98. The van der Waals surface area contributed by atoms with Crippen LogP contribution >= 0.6 is 0 Å².